The van der Waals surface area contributed by atoms with Crippen LogP contribution in [-0.4, -0.2) is 0 Å². The van der Waals surface area contributed by atoms with E-state index in [1.165, 1.54) is 22.6 Å². The summed E-state index contributed by atoms with van der Waals surface area (Å²) in [6, 6.07) is 31.2. The molecule has 0 aromatic heterocycles. The molecule has 0 atom stereocenters. The molecule has 3 aromatic rings. The molecular formula is C24H20Nb-6. The third-order valence-corrected chi connectivity index (χ3v) is 3.76. The summed E-state index contributed by atoms with van der Waals surface area (Å²) < 4.78 is 0. The first-order valence-electron chi connectivity index (χ1n) is 8.14. The molecule has 25 heavy (non-hydrogen) atoms. The average Bonchev–Trinajstić information content (AvgIpc) is 2.71. The van der Waals surface area contributed by atoms with Crippen LogP contribution in [0.5, 0.6) is 0 Å². The third-order valence-electron chi connectivity index (χ3n) is 3.76. The predicted octanol–water partition coefficient (Wildman–Crippen LogP) is 6.00. The van der Waals surface area contributed by atoms with Crippen molar-refractivity contribution in [2.75, 3.05) is 0 Å². The molecule has 0 amide bonds. The smallest absolute Gasteiger partial charge is 0 e. The Morgan fingerprint density at radius 3 is 1.32 bits per heavy atom. The van der Waals surface area contributed by atoms with Gasteiger partial charge in [0.25, 0.3) is 0 Å². The van der Waals surface area contributed by atoms with Gasteiger partial charge < -0.3 is 38.0 Å². The second kappa shape index (κ2) is 11.0. The van der Waals surface area contributed by atoms with Crippen LogP contribution in [0.4, 0.5) is 0 Å². The van der Waals surface area contributed by atoms with E-state index in [1.807, 2.05) is 24.6 Å². The molecule has 1 aliphatic carbocycles. The molecule has 3 aromatic carbocycles. The van der Waals surface area contributed by atoms with Gasteiger partial charge in [0, 0.05) is 22.4 Å². The summed E-state index contributed by atoms with van der Waals surface area (Å²) in [6.07, 6.45) is 10.4. The first-order valence-corrected chi connectivity index (χ1v) is 8.14. The van der Waals surface area contributed by atoms with E-state index in [1.54, 1.807) is 0 Å². The van der Waals surface area contributed by atoms with E-state index < -0.39 is 0 Å². The van der Waals surface area contributed by atoms with E-state index in [-0.39, 0.29) is 22.4 Å². The molecule has 0 bridgehead atoms. The second-order valence-electron chi connectivity index (χ2n) is 5.46. The second-order valence-corrected chi connectivity index (χ2v) is 5.46. The molecule has 0 nitrogen and oxygen atoms in total. The first kappa shape index (κ1) is 19.6. The van der Waals surface area contributed by atoms with Crippen LogP contribution in [-0.2, 0) is 22.4 Å². The standard InChI is InChI=1S/2C12H10.Nb/c2*1-3-7-11(8-4-1)12-9-5-2-6-10-12;/h2*1-10H;/q;-6;. The Bertz CT molecular complexity index is 648. The van der Waals surface area contributed by atoms with Crippen molar-refractivity contribution in [3.63, 3.8) is 0 Å². The van der Waals surface area contributed by atoms with Crippen molar-refractivity contribution in [2.45, 2.75) is 0 Å². The van der Waals surface area contributed by atoms with Crippen molar-refractivity contribution in [1.82, 2.24) is 0 Å². The van der Waals surface area contributed by atoms with Crippen LogP contribution >= 0.6 is 0 Å². The van der Waals surface area contributed by atoms with Crippen LogP contribution in [0.15, 0.2) is 91.0 Å². The number of rotatable bonds is 2. The number of benzene rings is 3. The van der Waals surface area contributed by atoms with Crippen LogP contribution in [0.2, 0.25) is 0 Å². The molecule has 0 saturated heterocycles. The van der Waals surface area contributed by atoms with Crippen LogP contribution in [0.25, 0.3) is 11.1 Å². The fourth-order valence-corrected chi connectivity index (χ4v) is 2.52. The fraction of sp³-hybridized carbons (Fsp3) is 0. The molecule has 127 valence electrons. The fourth-order valence-electron chi connectivity index (χ4n) is 2.52. The maximum Gasteiger partial charge on any atom is 0 e. The molecule has 1 heteroatoms. The molecule has 4 rings (SSSR count). The Morgan fingerprint density at radius 1 is 0.480 bits per heavy atom. The summed E-state index contributed by atoms with van der Waals surface area (Å²) in [5.41, 5.74) is 3.83. The Labute approximate surface area is 167 Å². The monoisotopic (exact) mass is 401 g/mol. The predicted molar refractivity (Wildman–Crippen MR) is 102 cm³/mol. The first-order chi connectivity index (χ1) is 11.9. The zero-order valence-corrected chi connectivity index (χ0v) is 16.2. The van der Waals surface area contributed by atoms with Crippen LogP contribution < -0.4 is 0 Å². The zero-order valence-electron chi connectivity index (χ0n) is 14.0. The summed E-state index contributed by atoms with van der Waals surface area (Å²) in [5, 5.41) is 0. The van der Waals surface area contributed by atoms with E-state index in [0.717, 1.165) is 0 Å². The molecule has 0 aliphatic heterocycles. The quantitative estimate of drug-likeness (QED) is 0.365. The Hall–Kier alpha value is -1.73. The topological polar surface area (TPSA) is 0 Å². The van der Waals surface area contributed by atoms with Gasteiger partial charge in [-0.15, -0.1) is 12.1 Å². The maximum absolute atomic E-state index is 2.12. The number of hydrogen-bond donors (Lipinski definition) is 0. The molecule has 1 radical (unpaired) electrons. The van der Waals surface area contributed by atoms with Crippen molar-refractivity contribution >= 4 is 0 Å². The third kappa shape index (κ3) is 6.25. The summed E-state index contributed by atoms with van der Waals surface area (Å²) >= 11 is 0. The van der Waals surface area contributed by atoms with E-state index in [9.17, 15) is 0 Å². The minimum Gasteiger partial charge on any atom is -0.723 e. The van der Waals surface area contributed by atoms with Crippen molar-refractivity contribution < 1.29 is 22.4 Å². The summed E-state index contributed by atoms with van der Waals surface area (Å²) in [7, 11) is 0. The minimum absolute atomic E-state index is 0. The van der Waals surface area contributed by atoms with Crippen molar-refractivity contribution in [2.24, 2.45) is 0 Å². The van der Waals surface area contributed by atoms with Gasteiger partial charge >= 0.3 is 0 Å². The Morgan fingerprint density at radius 2 is 0.880 bits per heavy atom. The van der Waals surface area contributed by atoms with Gasteiger partial charge in [-0.2, -0.15) is 12.1 Å². The number of hydrogen-bond acceptors (Lipinski definition) is 0. The van der Waals surface area contributed by atoms with Gasteiger partial charge in [-0.05, 0) is 11.1 Å². The van der Waals surface area contributed by atoms with E-state index in [2.05, 4.69) is 98.5 Å². The van der Waals surface area contributed by atoms with Gasteiger partial charge in [0.1, 0.15) is 0 Å². The molecule has 0 spiro atoms. The molecule has 0 N–H and O–H groups in total. The van der Waals surface area contributed by atoms with Gasteiger partial charge in [0.2, 0.25) is 0 Å². The summed E-state index contributed by atoms with van der Waals surface area (Å²) in [6.45, 7) is 0. The molecule has 0 unspecified atom stereocenters. The SMILES string of the molecule is [Nb].c1ccc(-c2ccccc2)cc1.c1ccc([C-]2[CH-][CH-][CH-][CH-][CH-]2)cc1. The molecule has 1 fully saturated rings. The van der Waals surface area contributed by atoms with Gasteiger partial charge in [0.15, 0.2) is 0 Å². The van der Waals surface area contributed by atoms with Crippen LogP contribution in [0, 0.1) is 38.0 Å². The van der Waals surface area contributed by atoms with Crippen LogP contribution in [0.3, 0.4) is 0 Å². The maximum atomic E-state index is 2.12. The molecular weight excluding hydrogens is 381 g/mol. The van der Waals surface area contributed by atoms with Gasteiger partial charge in [-0.25, -0.2) is 0 Å². The molecule has 0 heterocycles. The molecule has 1 aliphatic rings. The minimum atomic E-state index is 0. The van der Waals surface area contributed by atoms with Crippen molar-refractivity contribution in [3.05, 3.63) is 135 Å². The van der Waals surface area contributed by atoms with Crippen LogP contribution in [0.1, 0.15) is 5.56 Å². The summed E-state index contributed by atoms with van der Waals surface area (Å²) in [5.74, 6) is 1.28. The molecule has 1 saturated carbocycles. The van der Waals surface area contributed by atoms with E-state index in [0.29, 0.717) is 0 Å². The Balaban J connectivity index is 0.000000173. The normalized spacial score (nSPS) is 13.2. The average molecular weight is 401 g/mol. The Kier molecular flexibility index (Phi) is 8.62. The van der Waals surface area contributed by atoms with Gasteiger partial charge in [-0.3, -0.25) is 5.56 Å². The van der Waals surface area contributed by atoms with Crippen molar-refractivity contribution in [3.8, 4) is 11.1 Å². The van der Waals surface area contributed by atoms with Gasteiger partial charge in [-0.1, -0.05) is 66.7 Å². The zero-order chi connectivity index (χ0) is 16.5. The van der Waals surface area contributed by atoms with E-state index >= 15 is 0 Å². The van der Waals surface area contributed by atoms with Gasteiger partial charge in [0.05, 0.1) is 0 Å². The van der Waals surface area contributed by atoms with Crippen molar-refractivity contribution in [1.29, 1.82) is 0 Å². The largest absolute Gasteiger partial charge is 0.723 e. The summed E-state index contributed by atoms with van der Waals surface area (Å²) in [4.78, 5) is 0. The van der Waals surface area contributed by atoms with E-state index in [4.69, 9.17) is 0 Å².